The van der Waals surface area contributed by atoms with Gasteiger partial charge in [0.1, 0.15) is 5.69 Å². The number of anilines is 1. The number of fused-ring (bicyclic) bond motifs is 3. The molecule has 2 aromatic rings. The van der Waals surface area contributed by atoms with Crippen LogP contribution in [0.4, 0.5) is 5.69 Å². The molecule has 0 radical (unpaired) electrons. The largest absolute Gasteiger partial charge is 0.349 e. The summed E-state index contributed by atoms with van der Waals surface area (Å²) >= 11 is 0. The summed E-state index contributed by atoms with van der Waals surface area (Å²) in [5.41, 5.74) is 1.95. The highest BCUT2D eigenvalue weighted by Crippen LogP contribution is 2.31. The molecular formula is C12H11N3O2. The molecule has 2 N–H and O–H groups in total. The van der Waals surface area contributed by atoms with Crippen molar-refractivity contribution in [1.29, 1.82) is 0 Å². The molecule has 0 aliphatic carbocycles. The van der Waals surface area contributed by atoms with E-state index in [1.165, 1.54) is 4.90 Å². The van der Waals surface area contributed by atoms with E-state index in [1.54, 1.807) is 7.05 Å². The van der Waals surface area contributed by atoms with Gasteiger partial charge in [0.05, 0.1) is 12.2 Å². The molecule has 0 spiro atoms. The number of H-pyrrole nitrogens is 1. The smallest absolute Gasteiger partial charge is 0.270 e. The maximum Gasteiger partial charge on any atom is 0.270 e. The molecule has 17 heavy (non-hydrogen) atoms. The Labute approximate surface area is 97.4 Å². The second-order valence-corrected chi connectivity index (χ2v) is 4.03. The number of hydrogen-bond donors (Lipinski definition) is 2. The minimum absolute atomic E-state index is 0.0339. The first kappa shape index (κ1) is 9.89. The number of nitrogens with one attached hydrogen (secondary N) is 2. The third kappa shape index (κ3) is 1.32. The van der Waals surface area contributed by atoms with E-state index in [0.717, 1.165) is 10.9 Å². The maximum atomic E-state index is 11.8. The number of benzene rings is 1. The Kier molecular flexibility index (Phi) is 1.95. The highest BCUT2D eigenvalue weighted by molar-refractivity contribution is 6.16. The summed E-state index contributed by atoms with van der Waals surface area (Å²) < 4.78 is 0. The highest BCUT2D eigenvalue weighted by Gasteiger charge is 2.27. The number of rotatable bonds is 0. The van der Waals surface area contributed by atoms with Crippen LogP contribution in [0.25, 0.3) is 10.9 Å². The van der Waals surface area contributed by atoms with Gasteiger partial charge in [-0.3, -0.25) is 9.59 Å². The van der Waals surface area contributed by atoms with Gasteiger partial charge >= 0.3 is 0 Å². The summed E-state index contributed by atoms with van der Waals surface area (Å²) in [6.07, 6.45) is 0. The lowest BCUT2D eigenvalue weighted by Gasteiger charge is -2.14. The molecule has 1 aromatic heterocycles. The standard InChI is InChI=1S/C12H11N3O2/c1-15-9(16)6-13-12(17)10-11(15)7-4-2-3-5-8(7)14-10/h2-5,14H,6H2,1H3,(H,13,17). The summed E-state index contributed by atoms with van der Waals surface area (Å²) in [4.78, 5) is 28.2. The van der Waals surface area contributed by atoms with Crippen molar-refractivity contribution in [2.24, 2.45) is 0 Å². The molecule has 1 aliphatic rings. The Balaban J connectivity index is 2.36. The molecule has 2 heterocycles. The third-order valence-electron chi connectivity index (χ3n) is 3.02. The summed E-state index contributed by atoms with van der Waals surface area (Å²) in [6, 6.07) is 7.55. The van der Waals surface area contributed by atoms with Crippen LogP contribution in [-0.2, 0) is 4.79 Å². The first-order chi connectivity index (χ1) is 8.18. The quantitative estimate of drug-likeness (QED) is 0.704. The van der Waals surface area contributed by atoms with Crippen molar-refractivity contribution in [3.05, 3.63) is 30.0 Å². The Morgan fingerprint density at radius 2 is 2.00 bits per heavy atom. The van der Waals surface area contributed by atoms with Gasteiger partial charge in [0, 0.05) is 18.0 Å². The molecule has 1 aliphatic heterocycles. The average Bonchev–Trinajstić information content (AvgIpc) is 2.69. The van der Waals surface area contributed by atoms with E-state index in [-0.39, 0.29) is 18.4 Å². The van der Waals surface area contributed by atoms with Crippen LogP contribution in [0.2, 0.25) is 0 Å². The van der Waals surface area contributed by atoms with Crippen molar-refractivity contribution in [3.63, 3.8) is 0 Å². The number of aromatic amines is 1. The number of aromatic nitrogens is 1. The predicted octanol–water partition coefficient (Wildman–Crippen LogP) is 0.874. The lowest BCUT2D eigenvalue weighted by Crippen LogP contribution is -2.33. The van der Waals surface area contributed by atoms with Gasteiger partial charge < -0.3 is 15.2 Å². The summed E-state index contributed by atoms with van der Waals surface area (Å²) in [6.45, 7) is 0.0339. The molecule has 86 valence electrons. The molecule has 0 saturated carbocycles. The summed E-state index contributed by atoms with van der Waals surface area (Å²) in [5.74, 6) is -0.365. The van der Waals surface area contributed by atoms with Crippen LogP contribution in [0.15, 0.2) is 24.3 Å². The Morgan fingerprint density at radius 3 is 2.82 bits per heavy atom. The van der Waals surface area contributed by atoms with Crippen molar-refractivity contribution >= 4 is 28.4 Å². The maximum absolute atomic E-state index is 11.8. The van der Waals surface area contributed by atoms with Crippen LogP contribution in [-0.4, -0.2) is 30.4 Å². The highest BCUT2D eigenvalue weighted by atomic mass is 16.2. The fraction of sp³-hybridized carbons (Fsp3) is 0.167. The number of carbonyl (C=O) groups is 2. The van der Waals surface area contributed by atoms with E-state index in [4.69, 9.17) is 0 Å². The predicted molar refractivity (Wildman–Crippen MR) is 64.0 cm³/mol. The van der Waals surface area contributed by atoms with Crippen molar-refractivity contribution < 1.29 is 9.59 Å². The van der Waals surface area contributed by atoms with Crippen LogP contribution in [0, 0.1) is 0 Å². The van der Waals surface area contributed by atoms with Crippen LogP contribution in [0.1, 0.15) is 10.5 Å². The zero-order valence-electron chi connectivity index (χ0n) is 9.28. The Hall–Kier alpha value is -2.30. The number of carbonyl (C=O) groups excluding carboxylic acids is 2. The molecule has 1 aromatic carbocycles. The Morgan fingerprint density at radius 1 is 1.24 bits per heavy atom. The van der Waals surface area contributed by atoms with Gasteiger partial charge in [-0.25, -0.2) is 0 Å². The van der Waals surface area contributed by atoms with Gasteiger partial charge in [-0.1, -0.05) is 18.2 Å². The number of nitrogens with zero attached hydrogens (tertiary/aromatic N) is 1. The second kappa shape index (κ2) is 3.35. The Bertz CT molecular complexity index is 630. The number of amides is 2. The molecule has 0 fully saturated rings. The zero-order valence-corrected chi connectivity index (χ0v) is 9.28. The minimum atomic E-state index is -0.242. The lowest BCUT2D eigenvalue weighted by atomic mass is 10.2. The fourth-order valence-corrected chi connectivity index (χ4v) is 2.13. The van der Waals surface area contributed by atoms with Crippen LogP contribution >= 0.6 is 0 Å². The van der Waals surface area contributed by atoms with Crippen molar-refractivity contribution in [2.45, 2.75) is 0 Å². The van der Waals surface area contributed by atoms with E-state index >= 15 is 0 Å². The molecule has 0 atom stereocenters. The van der Waals surface area contributed by atoms with Gasteiger partial charge in [-0.2, -0.15) is 0 Å². The monoisotopic (exact) mass is 229 g/mol. The topological polar surface area (TPSA) is 65.2 Å². The van der Waals surface area contributed by atoms with Gasteiger partial charge in [-0.15, -0.1) is 0 Å². The van der Waals surface area contributed by atoms with E-state index in [9.17, 15) is 9.59 Å². The molecule has 0 unspecified atom stereocenters. The number of para-hydroxylation sites is 1. The minimum Gasteiger partial charge on any atom is -0.349 e. The van der Waals surface area contributed by atoms with E-state index in [1.807, 2.05) is 24.3 Å². The third-order valence-corrected chi connectivity index (χ3v) is 3.02. The molecule has 0 saturated heterocycles. The average molecular weight is 229 g/mol. The number of hydrogen-bond acceptors (Lipinski definition) is 2. The van der Waals surface area contributed by atoms with E-state index in [0.29, 0.717) is 11.4 Å². The van der Waals surface area contributed by atoms with E-state index < -0.39 is 0 Å². The van der Waals surface area contributed by atoms with Crippen LogP contribution in [0.3, 0.4) is 0 Å². The molecular weight excluding hydrogens is 218 g/mol. The van der Waals surface area contributed by atoms with Gasteiger partial charge in [0.15, 0.2) is 0 Å². The van der Waals surface area contributed by atoms with E-state index in [2.05, 4.69) is 10.3 Å². The normalized spacial score (nSPS) is 15.7. The summed E-state index contributed by atoms with van der Waals surface area (Å²) in [5, 5.41) is 3.47. The fourth-order valence-electron chi connectivity index (χ4n) is 2.13. The zero-order chi connectivity index (χ0) is 12.0. The van der Waals surface area contributed by atoms with Crippen molar-refractivity contribution in [2.75, 3.05) is 18.5 Å². The lowest BCUT2D eigenvalue weighted by molar-refractivity contribution is -0.117. The number of likely N-dealkylation sites (N-methyl/N-ethyl adjacent to an activating group) is 1. The van der Waals surface area contributed by atoms with Crippen molar-refractivity contribution in [3.8, 4) is 0 Å². The summed E-state index contributed by atoms with van der Waals surface area (Å²) in [7, 11) is 1.68. The van der Waals surface area contributed by atoms with Crippen molar-refractivity contribution in [1.82, 2.24) is 10.3 Å². The van der Waals surface area contributed by atoms with Gasteiger partial charge in [0.2, 0.25) is 5.91 Å². The molecule has 3 rings (SSSR count). The molecule has 2 amide bonds. The molecule has 0 bridgehead atoms. The second-order valence-electron chi connectivity index (χ2n) is 4.03. The molecule has 5 nitrogen and oxygen atoms in total. The van der Waals surface area contributed by atoms with Crippen LogP contribution < -0.4 is 10.2 Å². The van der Waals surface area contributed by atoms with Gasteiger partial charge in [0.25, 0.3) is 5.91 Å². The van der Waals surface area contributed by atoms with Crippen LogP contribution in [0.5, 0.6) is 0 Å². The van der Waals surface area contributed by atoms with Gasteiger partial charge in [-0.05, 0) is 6.07 Å². The SMILES string of the molecule is CN1C(=O)CNC(=O)c2[nH]c3ccccc3c21. The molecule has 5 heteroatoms. The first-order valence-corrected chi connectivity index (χ1v) is 5.34. The first-order valence-electron chi connectivity index (χ1n) is 5.34.